The van der Waals surface area contributed by atoms with Gasteiger partial charge in [0.15, 0.2) is 0 Å². The van der Waals surface area contributed by atoms with Crippen molar-refractivity contribution in [2.45, 2.75) is 52.1 Å². The van der Waals surface area contributed by atoms with Crippen molar-refractivity contribution >= 4 is 0 Å². The van der Waals surface area contributed by atoms with Gasteiger partial charge in [0.25, 0.3) is 0 Å². The van der Waals surface area contributed by atoms with Gasteiger partial charge in [0.1, 0.15) is 11.5 Å². The summed E-state index contributed by atoms with van der Waals surface area (Å²) in [4.78, 5) is 0. The minimum Gasteiger partial charge on any atom is -0.361 e. The van der Waals surface area contributed by atoms with Gasteiger partial charge in [0.05, 0.1) is 0 Å². The van der Waals surface area contributed by atoms with E-state index in [1.54, 1.807) is 0 Å². The summed E-state index contributed by atoms with van der Waals surface area (Å²) in [5.74, 6) is 1.45. The maximum atomic E-state index is 5.32. The molecule has 2 rings (SSSR count). The summed E-state index contributed by atoms with van der Waals surface area (Å²) in [5.41, 5.74) is 2.29. The van der Waals surface area contributed by atoms with Gasteiger partial charge in [-0.15, -0.1) is 0 Å². The Labute approximate surface area is 84.9 Å². The molecule has 1 aromatic rings. The fourth-order valence-electron chi connectivity index (χ4n) is 1.62. The minimum atomic E-state index is 0.428. The van der Waals surface area contributed by atoms with Gasteiger partial charge < -0.3 is 9.84 Å². The molecule has 0 aromatic carbocycles. The molecular formula is C11H18N2O. The SMILES string of the molecule is Cc1c(CNC2CC2)noc1C(C)C. The lowest BCUT2D eigenvalue weighted by molar-refractivity contribution is 0.363. The monoisotopic (exact) mass is 194 g/mol. The smallest absolute Gasteiger partial charge is 0.142 e. The summed E-state index contributed by atoms with van der Waals surface area (Å²) < 4.78 is 5.32. The van der Waals surface area contributed by atoms with Gasteiger partial charge in [0, 0.05) is 24.1 Å². The number of rotatable bonds is 4. The van der Waals surface area contributed by atoms with Crippen LogP contribution in [0.2, 0.25) is 0 Å². The molecular weight excluding hydrogens is 176 g/mol. The molecule has 0 unspecified atom stereocenters. The first kappa shape index (κ1) is 9.71. The number of nitrogens with zero attached hydrogens (tertiary/aromatic N) is 1. The standard InChI is InChI=1S/C11H18N2O/c1-7(2)11-8(3)10(13-14-11)6-12-9-4-5-9/h7,9,12H,4-6H2,1-3H3. The fraction of sp³-hybridized carbons (Fsp3) is 0.727. The number of hydrogen-bond donors (Lipinski definition) is 1. The van der Waals surface area contributed by atoms with E-state index in [9.17, 15) is 0 Å². The van der Waals surface area contributed by atoms with Crippen molar-refractivity contribution in [3.05, 3.63) is 17.0 Å². The molecule has 0 bridgehead atoms. The quantitative estimate of drug-likeness (QED) is 0.799. The Morgan fingerprint density at radius 3 is 2.71 bits per heavy atom. The Kier molecular flexibility index (Phi) is 2.59. The topological polar surface area (TPSA) is 38.1 Å². The highest BCUT2D eigenvalue weighted by Gasteiger charge is 2.22. The maximum Gasteiger partial charge on any atom is 0.142 e. The Morgan fingerprint density at radius 1 is 1.50 bits per heavy atom. The molecule has 1 aliphatic rings. The van der Waals surface area contributed by atoms with Crippen molar-refractivity contribution in [1.29, 1.82) is 0 Å². The lowest BCUT2D eigenvalue weighted by Crippen LogP contribution is -2.16. The molecule has 3 nitrogen and oxygen atoms in total. The molecule has 1 heterocycles. The number of hydrogen-bond acceptors (Lipinski definition) is 3. The highest BCUT2D eigenvalue weighted by Crippen LogP contribution is 2.23. The number of aromatic nitrogens is 1. The van der Waals surface area contributed by atoms with Gasteiger partial charge >= 0.3 is 0 Å². The molecule has 0 radical (unpaired) electrons. The highest BCUT2D eigenvalue weighted by molar-refractivity contribution is 5.23. The molecule has 0 atom stereocenters. The van der Waals surface area contributed by atoms with Crippen LogP contribution in [0.1, 0.15) is 49.6 Å². The molecule has 1 aromatic heterocycles. The Hall–Kier alpha value is -0.830. The third kappa shape index (κ3) is 1.98. The van der Waals surface area contributed by atoms with Crippen LogP contribution in [0.15, 0.2) is 4.52 Å². The van der Waals surface area contributed by atoms with Crippen molar-refractivity contribution in [3.8, 4) is 0 Å². The predicted octanol–water partition coefficient (Wildman–Crippen LogP) is 2.36. The van der Waals surface area contributed by atoms with E-state index in [1.807, 2.05) is 0 Å². The van der Waals surface area contributed by atoms with Crippen LogP contribution in [0.3, 0.4) is 0 Å². The zero-order chi connectivity index (χ0) is 10.1. The summed E-state index contributed by atoms with van der Waals surface area (Å²) in [5, 5.41) is 7.54. The molecule has 3 heteroatoms. The minimum absolute atomic E-state index is 0.428. The van der Waals surface area contributed by atoms with Crippen LogP contribution in [0.4, 0.5) is 0 Å². The Balaban J connectivity index is 2.01. The summed E-state index contributed by atoms with van der Waals surface area (Å²) >= 11 is 0. The van der Waals surface area contributed by atoms with Gasteiger partial charge in [-0.1, -0.05) is 19.0 Å². The van der Waals surface area contributed by atoms with Gasteiger partial charge in [-0.2, -0.15) is 0 Å². The van der Waals surface area contributed by atoms with Gasteiger partial charge in [0.2, 0.25) is 0 Å². The molecule has 1 saturated carbocycles. The van der Waals surface area contributed by atoms with Crippen LogP contribution < -0.4 is 5.32 Å². The van der Waals surface area contributed by atoms with E-state index in [-0.39, 0.29) is 0 Å². The average molecular weight is 194 g/mol. The van der Waals surface area contributed by atoms with Gasteiger partial charge in [-0.25, -0.2) is 0 Å². The molecule has 78 valence electrons. The molecule has 0 spiro atoms. The summed E-state index contributed by atoms with van der Waals surface area (Å²) in [6.07, 6.45) is 2.63. The lowest BCUT2D eigenvalue weighted by atomic mass is 10.1. The van der Waals surface area contributed by atoms with Gasteiger partial charge in [-0.3, -0.25) is 0 Å². The molecule has 1 N–H and O–H groups in total. The lowest BCUT2D eigenvalue weighted by Gasteiger charge is -2.01. The number of nitrogens with one attached hydrogen (secondary N) is 1. The van der Waals surface area contributed by atoms with E-state index in [0.29, 0.717) is 5.92 Å². The molecule has 14 heavy (non-hydrogen) atoms. The van der Waals surface area contributed by atoms with E-state index >= 15 is 0 Å². The van der Waals surface area contributed by atoms with E-state index in [4.69, 9.17) is 4.52 Å². The normalized spacial score (nSPS) is 16.6. The molecule has 1 fully saturated rings. The van der Waals surface area contributed by atoms with E-state index in [1.165, 1.54) is 18.4 Å². The highest BCUT2D eigenvalue weighted by atomic mass is 16.5. The molecule has 0 amide bonds. The second-order valence-electron chi connectivity index (χ2n) is 4.43. The largest absolute Gasteiger partial charge is 0.361 e. The van der Waals surface area contributed by atoms with Crippen LogP contribution >= 0.6 is 0 Å². The Morgan fingerprint density at radius 2 is 2.21 bits per heavy atom. The summed E-state index contributed by atoms with van der Waals surface area (Å²) in [7, 11) is 0. The zero-order valence-corrected chi connectivity index (χ0v) is 9.13. The van der Waals surface area contributed by atoms with Crippen molar-refractivity contribution in [2.75, 3.05) is 0 Å². The van der Waals surface area contributed by atoms with Crippen LogP contribution in [0.5, 0.6) is 0 Å². The first-order valence-corrected chi connectivity index (χ1v) is 5.37. The Bertz CT molecular complexity index is 313. The first-order valence-electron chi connectivity index (χ1n) is 5.37. The van der Waals surface area contributed by atoms with Crippen molar-refractivity contribution in [1.82, 2.24) is 10.5 Å². The van der Waals surface area contributed by atoms with E-state index in [2.05, 4.69) is 31.2 Å². The van der Waals surface area contributed by atoms with Crippen LogP contribution in [-0.2, 0) is 6.54 Å². The summed E-state index contributed by atoms with van der Waals surface area (Å²) in [6.45, 7) is 7.21. The van der Waals surface area contributed by atoms with Crippen molar-refractivity contribution in [2.24, 2.45) is 0 Å². The second kappa shape index (κ2) is 3.73. The van der Waals surface area contributed by atoms with Crippen LogP contribution in [0.25, 0.3) is 0 Å². The van der Waals surface area contributed by atoms with Gasteiger partial charge in [-0.05, 0) is 19.8 Å². The third-order valence-electron chi connectivity index (χ3n) is 2.72. The fourth-order valence-corrected chi connectivity index (χ4v) is 1.62. The average Bonchev–Trinajstić information content (AvgIpc) is 2.87. The predicted molar refractivity (Wildman–Crippen MR) is 55.2 cm³/mol. The van der Waals surface area contributed by atoms with E-state index < -0.39 is 0 Å². The van der Waals surface area contributed by atoms with Crippen molar-refractivity contribution in [3.63, 3.8) is 0 Å². The van der Waals surface area contributed by atoms with Crippen LogP contribution in [-0.4, -0.2) is 11.2 Å². The second-order valence-corrected chi connectivity index (χ2v) is 4.43. The maximum absolute atomic E-state index is 5.32. The molecule has 1 aliphatic carbocycles. The molecule has 0 aliphatic heterocycles. The summed E-state index contributed by atoms with van der Waals surface area (Å²) in [6, 6.07) is 0.730. The first-order chi connectivity index (χ1) is 6.68. The van der Waals surface area contributed by atoms with E-state index in [0.717, 1.165) is 24.0 Å². The zero-order valence-electron chi connectivity index (χ0n) is 9.13. The third-order valence-corrected chi connectivity index (χ3v) is 2.72. The van der Waals surface area contributed by atoms with Crippen LogP contribution in [0, 0.1) is 6.92 Å². The van der Waals surface area contributed by atoms with Crippen molar-refractivity contribution < 1.29 is 4.52 Å². The molecule has 0 saturated heterocycles.